The molecule has 3 nitrogen and oxygen atoms in total. The molecule has 0 saturated carbocycles. The van der Waals surface area contributed by atoms with E-state index in [1.165, 1.54) is 0 Å². The van der Waals surface area contributed by atoms with Gasteiger partial charge in [0.1, 0.15) is 11.3 Å². The highest BCUT2D eigenvalue weighted by atomic mass is 16.5. The minimum Gasteiger partial charge on any atom is -0.491 e. The van der Waals surface area contributed by atoms with Crippen LogP contribution in [0.1, 0.15) is 13.8 Å². The fourth-order valence-corrected chi connectivity index (χ4v) is 1.54. The van der Waals surface area contributed by atoms with E-state index in [2.05, 4.69) is 18.8 Å². The van der Waals surface area contributed by atoms with Crippen molar-refractivity contribution in [1.82, 2.24) is 4.98 Å². The zero-order chi connectivity index (χ0) is 11.5. The summed E-state index contributed by atoms with van der Waals surface area (Å²) in [6.45, 7) is 4.93. The molecular weight excluding hydrogens is 200 g/mol. The number of fused-ring (bicyclic) bond motifs is 1. The van der Waals surface area contributed by atoms with Gasteiger partial charge in [-0.05, 0) is 30.2 Å². The largest absolute Gasteiger partial charge is 0.491 e. The topological polar surface area (TPSA) is 48.1 Å². The van der Waals surface area contributed by atoms with Crippen LogP contribution < -0.4 is 10.5 Å². The highest BCUT2D eigenvalue weighted by molar-refractivity contribution is 5.94. The van der Waals surface area contributed by atoms with Crippen molar-refractivity contribution in [2.45, 2.75) is 13.8 Å². The Kier molecular flexibility index (Phi) is 2.95. The second-order valence-electron chi connectivity index (χ2n) is 4.26. The van der Waals surface area contributed by atoms with Crippen LogP contribution in [-0.4, -0.2) is 11.6 Å². The number of hydrogen-bond acceptors (Lipinski definition) is 3. The summed E-state index contributed by atoms with van der Waals surface area (Å²) in [5, 5.41) is 0.948. The quantitative estimate of drug-likeness (QED) is 0.802. The van der Waals surface area contributed by atoms with Crippen LogP contribution in [0.15, 0.2) is 30.5 Å². The molecule has 16 heavy (non-hydrogen) atoms. The number of ether oxygens (including phenoxy) is 1. The minimum absolute atomic E-state index is 0.497. The molecular formula is C13H16N2O. The van der Waals surface area contributed by atoms with E-state index in [1.807, 2.05) is 24.3 Å². The average molecular weight is 216 g/mol. The predicted octanol–water partition coefficient (Wildman–Crippen LogP) is 2.85. The number of pyridine rings is 1. The van der Waals surface area contributed by atoms with Crippen LogP contribution in [0.5, 0.6) is 5.75 Å². The van der Waals surface area contributed by atoms with Crippen molar-refractivity contribution < 1.29 is 4.74 Å². The van der Waals surface area contributed by atoms with Crippen LogP contribution in [-0.2, 0) is 0 Å². The van der Waals surface area contributed by atoms with Crippen molar-refractivity contribution in [1.29, 1.82) is 0 Å². The first kappa shape index (κ1) is 10.7. The van der Waals surface area contributed by atoms with Gasteiger partial charge in [0.25, 0.3) is 0 Å². The molecule has 0 unspecified atom stereocenters. The monoisotopic (exact) mass is 216 g/mol. The van der Waals surface area contributed by atoms with Crippen molar-refractivity contribution in [2.24, 2.45) is 5.92 Å². The summed E-state index contributed by atoms with van der Waals surface area (Å²) in [7, 11) is 0. The molecule has 1 heterocycles. The molecule has 0 aliphatic heterocycles. The summed E-state index contributed by atoms with van der Waals surface area (Å²) in [6, 6.07) is 7.58. The van der Waals surface area contributed by atoms with Crippen LogP contribution in [0.4, 0.5) is 5.69 Å². The van der Waals surface area contributed by atoms with E-state index in [4.69, 9.17) is 10.5 Å². The van der Waals surface area contributed by atoms with Crippen LogP contribution >= 0.6 is 0 Å². The fraction of sp³-hybridized carbons (Fsp3) is 0.308. The first-order valence-corrected chi connectivity index (χ1v) is 5.44. The molecule has 0 spiro atoms. The molecule has 1 aromatic carbocycles. The van der Waals surface area contributed by atoms with Gasteiger partial charge in [-0.3, -0.25) is 4.98 Å². The SMILES string of the molecule is CC(C)COc1ccc(N)c2cccnc12. The van der Waals surface area contributed by atoms with Gasteiger partial charge < -0.3 is 10.5 Å². The predicted molar refractivity (Wildman–Crippen MR) is 66.5 cm³/mol. The number of aromatic nitrogens is 1. The molecule has 0 aliphatic rings. The van der Waals surface area contributed by atoms with E-state index in [-0.39, 0.29) is 0 Å². The lowest BCUT2D eigenvalue weighted by Gasteiger charge is -2.11. The summed E-state index contributed by atoms with van der Waals surface area (Å²) in [5.74, 6) is 1.30. The van der Waals surface area contributed by atoms with Crippen molar-refractivity contribution in [2.75, 3.05) is 12.3 Å². The zero-order valence-corrected chi connectivity index (χ0v) is 9.60. The maximum Gasteiger partial charge on any atom is 0.145 e. The molecule has 0 fully saturated rings. The Bertz CT molecular complexity index is 494. The summed E-state index contributed by atoms with van der Waals surface area (Å²) in [5.41, 5.74) is 7.46. The molecule has 0 amide bonds. The minimum atomic E-state index is 0.497. The second-order valence-corrected chi connectivity index (χ2v) is 4.26. The van der Waals surface area contributed by atoms with E-state index in [9.17, 15) is 0 Å². The van der Waals surface area contributed by atoms with Crippen molar-refractivity contribution in [3.63, 3.8) is 0 Å². The van der Waals surface area contributed by atoms with Gasteiger partial charge in [0.15, 0.2) is 0 Å². The summed E-state index contributed by atoms with van der Waals surface area (Å²) in [4.78, 5) is 4.31. The average Bonchev–Trinajstić information content (AvgIpc) is 2.28. The first-order chi connectivity index (χ1) is 7.68. The van der Waals surface area contributed by atoms with E-state index in [1.54, 1.807) is 6.20 Å². The molecule has 3 heteroatoms. The van der Waals surface area contributed by atoms with Crippen molar-refractivity contribution in [3.05, 3.63) is 30.5 Å². The molecule has 0 saturated heterocycles. The van der Waals surface area contributed by atoms with E-state index < -0.39 is 0 Å². The highest BCUT2D eigenvalue weighted by Gasteiger charge is 2.06. The van der Waals surface area contributed by atoms with Gasteiger partial charge in [-0.1, -0.05) is 13.8 Å². The molecule has 0 aliphatic carbocycles. The Hall–Kier alpha value is -1.77. The van der Waals surface area contributed by atoms with Gasteiger partial charge in [-0.2, -0.15) is 0 Å². The van der Waals surface area contributed by atoms with Gasteiger partial charge in [-0.25, -0.2) is 0 Å². The van der Waals surface area contributed by atoms with Crippen molar-refractivity contribution >= 4 is 16.6 Å². The Balaban J connectivity index is 2.42. The maximum atomic E-state index is 5.89. The number of hydrogen-bond donors (Lipinski definition) is 1. The summed E-state index contributed by atoms with van der Waals surface area (Å²) >= 11 is 0. The van der Waals surface area contributed by atoms with Gasteiger partial charge >= 0.3 is 0 Å². The first-order valence-electron chi connectivity index (χ1n) is 5.44. The number of rotatable bonds is 3. The number of benzene rings is 1. The third-order valence-electron chi connectivity index (χ3n) is 2.34. The van der Waals surface area contributed by atoms with E-state index in [0.717, 1.165) is 22.3 Å². The maximum absolute atomic E-state index is 5.89. The molecule has 2 rings (SSSR count). The van der Waals surface area contributed by atoms with Crippen LogP contribution in [0, 0.1) is 5.92 Å². The van der Waals surface area contributed by atoms with Gasteiger partial charge in [-0.15, -0.1) is 0 Å². The molecule has 84 valence electrons. The van der Waals surface area contributed by atoms with Gasteiger partial charge in [0.2, 0.25) is 0 Å². The molecule has 0 bridgehead atoms. The Labute approximate surface area is 95.2 Å². The summed E-state index contributed by atoms with van der Waals surface area (Å²) < 4.78 is 5.72. The smallest absolute Gasteiger partial charge is 0.145 e. The summed E-state index contributed by atoms with van der Waals surface area (Å²) in [6.07, 6.45) is 1.75. The van der Waals surface area contributed by atoms with Crippen molar-refractivity contribution in [3.8, 4) is 5.75 Å². The van der Waals surface area contributed by atoms with Crippen LogP contribution in [0.2, 0.25) is 0 Å². The lowest BCUT2D eigenvalue weighted by atomic mass is 10.1. The van der Waals surface area contributed by atoms with Gasteiger partial charge in [0.05, 0.1) is 6.61 Å². The lowest BCUT2D eigenvalue weighted by molar-refractivity contribution is 0.273. The molecule has 2 N–H and O–H groups in total. The van der Waals surface area contributed by atoms with Gasteiger partial charge in [0, 0.05) is 17.3 Å². The van der Waals surface area contributed by atoms with Crippen LogP contribution in [0.25, 0.3) is 10.9 Å². The third-order valence-corrected chi connectivity index (χ3v) is 2.34. The normalized spacial score (nSPS) is 10.9. The Morgan fingerprint density at radius 3 is 2.88 bits per heavy atom. The second kappa shape index (κ2) is 4.39. The fourth-order valence-electron chi connectivity index (χ4n) is 1.54. The lowest BCUT2D eigenvalue weighted by Crippen LogP contribution is -2.05. The number of anilines is 1. The van der Waals surface area contributed by atoms with E-state index >= 15 is 0 Å². The highest BCUT2D eigenvalue weighted by Crippen LogP contribution is 2.28. The Morgan fingerprint density at radius 1 is 1.31 bits per heavy atom. The molecule has 1 aromatic heterocycles. The molecule has 2 aromatic rings. The van der Waals surface area contributed by atoms with E-state index in [0.29, 0.717) is 12.5 Å². The number of nitrogens with zero attached hydrogens (tertiary/aromatic N) is 1. The number of nitrogens with two attached hydrogens (primary N) is 1. The third kappa shape index (κ3) is 2.08. The molecule has 0 atom stereocenters. The number of nitrogen functional groups attached to an aromatic ring is 1. The van der Waals surface area contributed by atoms with Crippen LogP contribution in [0.3, 0.4) is 0 Å². The molecule has 0 radical (unpaired) electrons. The standard InChI is InChI=1S/C13H16N2O/c1-9(2)8-16-12-6-5-11(14)10-4-3-7-15-13(10)12/h3-7,9H,8,14H2,1-2H3. The zero-order valence-electron chi connectivity index (χ0n) is 9.60. The Morgan fingerprint density at radius 2 is 2.12 bits per heavy atom.